The van der Waals surface area contributed by atoms with Gasteiger partial charge in [-0.3, -0.25) is 4.79 Å². The highest BCUT2D eigenvalue weighted by molar-refractivity contribution is 7.16. The fourth-order valence-electron chi connectivity index (χ4n) is 3.39. The summed E-state index contributed by atoms with van der Waals surface area (Å²) in [6.45, 7) is 3.08. The Labute approximate surface area is 184 Å². The minimum atomic E-state index is -2.77. The van der Waals surface area contributed by atoms with Gasteiger partial charge in [0.1, 0.15) is 17.2 Å². The minimum absolute atomic E-state index is 0.136. The van der Waals surface area contributed by atoms with Crippen molar-refractivity contribution < 1.29 is 27.5 Å². The van der Waals surface area contributed by atoms with Gasteiger partial charge in [-0.15, -0.1) is 11.3 Å². The number of aromatic nitrogens is 3. The Morgan fingerprint density at radius 2 is 2.09 bits per heavy atom. The molecule has 11 heteroatoms. The third-order valence-electron chi connectivity index (χ3n) is 4.72. The molecule has 0 aromatic carbocycles. The summed E-state index contributed by atoms with van der Waals surface area (Å²) >= 11 is 1.22. The number of esters is 1. The molecule has 1 amide bonds. The van der Waals surface area contributed by atoms with E-state index in [1.165, 1.54) is 35.5 Å². The van der Waals surface area contributed by atoms with Crippen molar-refractivity contribution in [1.29, 1.82) is 0 Å². The first-order chi connectivity index (χ1) is 15.3. The summed E-state index contributed by atoms with van der Waals surface area (Å²) in [5.74, 6) is -0.748. The van der Waals surface area contributed by atoms with Crippen LogP contribution in [0.1, 0.15) is 32.9 Å². The molecule has 1 N–H and O–H groups in total. The zero-order chi connectivity index (χ0) is 23.0. The van der Waals surface area contributed by atoms with Gasteiger partial charge in [-0.2, -0.15) is 5.10 Å². The van der Waals surface area contributed by atoms with E-state index in [1.807, 2.05) is 0 Å². The van der Waals surface area contributed by atoms with Gasteiger partial charge < -0.3 is 14.5 Å². The maximum absolute atomic E-state index is 13.8. The molecule has 0 saturated carbocycles. The molecule has 166 valence electrons. The van der Waals surface area contributed by atoms with E-state index in [0.29, 0.717) is 16.5 Å². The Morgan fingerprint density at radius 3 is 2.75 bits per heavy atom. The topological polar surface area (TPSA) is 99.2 Å². The van der Waals surface area contributed by atoms with E-state index in [2.05, 4.69) is 15.4 Å². The van der Waals surface area contributed by atoms with Crippen LogP contribution in [0.15, 0.2) is 34.9 Å². The Morgan fingerprint density at radius 1 is 1.31 bits per heavy atom. The fourth-order valence-corrected chi connectivity index (χ4v) is 4.31. The lowest BCUT2D eigenvalue weighted by Crippen LogP contribution is -2.20. The number of hydrogen-bond donors (Lipinski definition) is 1. The number of alkyl halides is 2. The lowest BCUT2D eigenvalue weighted by Gasteiger charge is -2.08. The van der Waals surface area contributed by atoms with E-state index in [9.17, 15) is 18.4 Å². The van der Waals surface area contributed by atoms with Crippen LogP contribution < -0.4 is 5.32 Å². The van der Waals surface area contributed by atoms with Crippen LogP contribution in [-0.4, -0.2) is 33.8 Å². The van der Waals surface area contributed by atoms with Crippen LogP contribution in [0, 0.1) is 13.8 Å². The molecule has 0 atom stereocenters. The number of halogens is 2. The van der Waals surface area contributed by atoms with E-state index in [4.69, 9.17) is 9.15 Å². The lowest BCUT2D eigenvalue weighted by molar-refractivity contribution is -0.116. The van der Waals surface area contributed by atoms with E-state index in [0.717, 1.165) is 4.88 Å². The summed E-state index contributed by atoms with van der Waals surface area (Å²) in [7, 11) is 1.25. The van der Waals surface area contributed by atoms with Gasteiger partial charge in [0.2, 0.25) is 5.91 Å². The first kappa shape index (κ1) is 21.6. The summed E-state index contributed by atoms with van der Waals surface area (Å²) in [6, 6.07) is 6.12. The first-order valence-electron chi connectivity index (χ1n) is 9.47. The van der Waals surface area contributed by atoms with Crippen molar-refractivity contribution in [3.05, 3.63) is 52.2 Å². The molecule has 8 nitrogen and oxygen atoms in total. The molecular weight excluding hydrogens is 442 g/mol. The van der Waals surface area contributed by atoms with Crippen LogP contribution >= 0.6 is 11.3 Å². The average molecular weight is 460 g/mol. The highest BCUT2D eigenvalue weighted by Gasteiger charge is 2.23. The number of nitrogens with one attached hydrogen (secondary N) is 1. The third kappa shape index (κ3) is 3.98. The average Bonchev–Trinajstić information content (AvgIpc) is 3.47. The predicted molar refractivity (Wildman–Crippen MR) is 114 cm³/mol. The zero-order valence-corrected chi connectivity index (χ0v) is 18.1. The molecule has 32 heavy (non-hydrogen) atoms. The number of ether oxygens (including phenoxy) is 1. The second kappa shape index (κ2) is 8.50. The summed E-state index contributed by atoms with van der Waals surface area (Å²) in [5, 5.41) is 7.45. The number of anilines is 1. The first-order valence-corrected chi connectivity index (χ1v) is 10.3. The number of carbonyl (C=O) groups is 2. The van der Waals surface area contributed by atoms with Gasteiger partial charge in [0.05, 0.1) is 30.0 Å². The number of nitrogens with zero attached hydrogens (tertiary/aromatic N) is 3. The number of methoxy groups -OCH3 is 1. The number of rotatable bonds is 6. The normalized spacial score (nSPS) is 11.3. The molecule has 0 aliphatic carbocycles. The summed E-state index contributed by atoms with van der Waals surface area (Å²) < 4.78 is 38.9. The number of carbonyl (C=O) groups excluding carboxylic acids is 2. The molecule has 0 saturated heterocycles. The summed E-state index contributed by atoms with van der Waals surface area (Å²) in [6.07, 6.45) is -1.35. The molecule has 0 bridgehead atoms. The van der Waals surface area contributed by atoms with E-state index in [-0.39, 0.29) is 34.4 Å². The molecule has 4 rings (SSSR count). The van der Waals surface area contributed by atoms with Gasteiger partial charge in [0.25, 0.3) is 6.43 Å². The molecule has 4 aromatic rings. The molecule has 0 aliphatic rings. The number of pyridine rings is 1. The Kier molecular flexibility index (Phi) is 5.74. The number of fused-ring (bicyclic) bond motifs is 1. The van der Waals surface area contributed by atoms with Crippen LogP contribution in [0.3, 0.4) is 0 Å². The van der Waals surface area contributed by atoms with Crippen LogP contribution in [0.5, 0.6) is 0 Å². The minimum Gasteiger partial charge on any atom is -0.465 e. The Balaban J connectivity index is 1.71. The van der Waals surface area contributed by atoms with Crippen LogP contribution in [0.25, 0.3) is 22.5 Å². The molecule has 4 heterocycles. The van der Waals surface area contributed by atoms with Crippen molar-refractivity contribution >= 4 is 39.2 Å². The number of aryl methyl sites for hydroxylation is 2. The van der Waals surface area contributed by atoms with Crippen LogP contribution in [0.4, 0.5) is 13.8 Å². The molecule has 0 radical (unpaired) electrons. The monoisotopic (exact) mass is 460 g/mol. The Hall–Kier alpha value is -3.60. The van der Waals surface area contributed by atoms with E-state index < -0.39 is 18.3 Å². The van der Waals surface area contributed by atoms with Crippen LogP contribution in [0.2, 0.25) is 0 Å². The number of hydrogen-bond acceptors (Lipinski definition) is 7. The molecule has 0 spiro atoms. The smallest absolute Gasteiger partial charge is 0.340 e. The standard InChI is InChI=1S/C21H18F2N4O4S/c1-10-7-13(21(29)30-3)20(32-10)25-16(28)9-27-19-17(11(2)26-27)12(18(22)23)8-14(24-19)15-5-4-6-31-15/h4-8,18H,9H2,1-3H3,(H,25,28). The van der Waals surface area contributed by atoms with Crippen LogP contribution in [-0.2, 0) is 16.1 Å². The highest BCUT2D eigenvalue weighted by atomic mass is 32.1. The number of amides is 1. The second-order valence-corrected chi connectivity index (χ2v) is 8.21. The fraction of sp³-hybridized carbons (Fsp3) is 0.238. The van der Waals surface area contributed by atoms with Gasteiger partial charge in [-0.1, -0.05) is 0 Å². The van der Waals surface area contributed by atoms with Crippen molar-refractivity contribution in [2.75, 3.05) is 12.4 Å². The lowest BCUT2D eigenvalue weighted by atomic mass is 10.1. The predicted octanol–water partition coefficient (Wildman–Crippen LogP) is 4.73. The third-order valence-corrected chi connectivity index (χ3v) is 5.69. The summed E-state index contributed by atoms with van der Waals surface area (Å²) in [4.78, 5) is 29.9. The maximum atomic E-state index is 13.8. The molecule has 0 fully saturated rings. The highest BCUT2D eigenvalue weighted by Crippen LogP contribution is 2.33. The molecule has 4 aromatic heterocycles. The van der Waals surface area contributed by atoms with Gasteiger partial charge in [0.15, 0.2) is 11.4 Å². The largest absolute Gasteiger partial charge is 0.465 e. The zero-order valence-electron chi connectivity index (χ0n) is 17.3. The Bertz CT molecular complexity index is 1310. The SMILES string of the molecule is COC(=O)c1cc(C)sc1NC(=O)Cn1nc(C)c2c(C(F)F)cc(-c3ccco3)nc21. The van der Waals surface area contributed by atoms with Crippen molar-refractivity contribution in [2.45, 2.75) is 26.8 Å². The van der Waals surface area contributed by atoms with Gasteiger partial charge in [-0.25, -0.2) is 23.2 Å². The summed E-state index contributed by atoms with van der Waals surface area (Å²) in [5.41, 5.74) is 0.665. The van der Waals surface area contributed by atoms with Crippen molar-refractivity contribution in [3.63, 3.8) is 0 Å². The molecule has 0 aliphatic heterocycles. The molecule has 0 unspecified atom stereocenters. The van der Waals surface area contributed by atoms with Crippen molar-refractivity contribution in [2.24, 2.45) is 0 Å². The quantitative estimate of drug-likeness (QED) is 0.418. The number of furan rings is 1. The van der Waals surface area contributed by atoms with Gasteiger partial charge in [-0.05, 0) is 38.1 Å². The van der Waals surface area contributed by atoms with Gasteiger partial charge in [0, 0.05) is 10.4 Å². The second-order valence-electron chi connectivity index (χ2n) is 6.96. The van der Waals surface area contributed by atoms with Gasteiger partial charge >= 0.3 is 5.97 Å². The van der Waals surface area contributed by atoms with E-state index >= 15 is 0 Å². The maximum Gasteiger partial charge on any atom is 0.340 e. The van der Waals surface area contributed by atoms with Crippen molar-refractivity contribution in [3.8, 4) is 11.5 Å². The molecular formula is C21H18F2N4O4S. The van der Waals surface area contributed by atoms with E-state index in [1.54, 1.807) is 32.0 Å². The van der Waals surface area contributed by atoms with Crippen molar-refractivity contribution in [1.82, 2.24) is 14.8 Å². The number of thiophene rings is 1.